The molecular formula is C13H17N5O3. The molecule has 0 aliphatic rings. The van der Waals surface area contributed by atoms with Crippen molar-refractivity contribution in [2.45, 2.75) is 33.0 Å². The van der Waals surface area contributed by atoms with E-state index in [1.165, 1.54) is 17.1 Å². The largest absolute Gasteiger partial charge is 0.478 e. The smallest absolute Gasteiger partial charge is 0.338 e. The Kier molecular flexibility index (Phi) is 4.36. The number of nitrogens with zero attached hydrogens (tertiary/aromatic N) is 4. The SMILES string of the molecule is CCn1ccc(C(C)NC(=O)Cn2cc(C(=O)O)cn2)n1. The Morgan fingerprint density at radius 2 is 2.19 bits per heavy atom. The van der Waals surface area contributed by atoms with Gasteiger partial charge >= 0.3 is 5.97 Å². The van der Waals surface area contributed by atoms with Crippen LogP contribution in [0.1, 0.15) is 35.9 Å². The maximum Gasteiger partial charge on any atom is 0.338 e. The third-order valence-corrected chi connectivity index (χ3v) is 2.99. The summed E-state index contributed by atoms with van der Waals surface area (Å²) in [5.74, 6) is -1.33. The van der Waals surface area contributed by atoms with Gasteiger partial charge in [0.1, 0.15) is 6.54 Å². The van der Waals surface area contributed by atoms with Gasteiger partial charge in [0, 0.05) is 18.9 Å². The summed E-state index contributed by atoms with van der Waals surface area (Å²) >= 11 is 0. The molecule has 8 heteroatoms. The summed E-state index contributed by atoms with van der Waals surface area (Å²) in [7, 11) is 0. The van der Waals surface area contributed by atoms with E-state index in [1.54, 1.807) is 4.68 Å². The summed E-state index contributed by atoms with van der Waals surface area (Å²) in [5, 5.41) is 19.7. The van der Waals surface area contributed by atoms with Crippen molar-refractivity contribution >= 4 is 11.9 Å². The fourth-order valence-electron chi connectivity index (χ4n) is 1.85. The third-order valence-electron chi connectivity index (χ3n) is 2.99. The van der Waals surface area contributed by atoms with Gasteiger partial charge in [-0.2, -0.15) is 10.2 Å². The summed E-state index contributed by atoms with van der Waals surface area (Å²) in [5.41, 5.74) is 0.828. The molecular weight excluding hydrogens is 274 g/mol. The predicted octanol–water partition coefficient (Wildman–Crippen LogP) is 0.675. The number of amides is 1. The van der Waals surface area contributed by atoms with Gasteiger partial charge in [-0.25, -0.2) is 4.79 Å². The second-order valence-electron chi connectivity index (χ2n) is 4.62. The molecule has 21 heavy (non-hydrogen) atoms. The molecule has 1 atom stereocenters. The van der Waals surface area contributed by atoms with Gasteiger partial charge < -0.3 is 10.4 Å². The molecule has 1 amide bonds. The molecule has 112 valence electrons. The van der Waals surface area contributed by atoms with Crippen LogP contribution in [0.2, 0.25) is 0 Å². The van der Waals surface area contributed by atoms with Gasteiger partial charge in [-0.05, 0) is 19.9 Å². The highest BCUT2D eigenvalue weighted by molar-refractivity contribution is 5.87. The number of carbonyl (C=O) groups is 2. The Labute approximate surface area is 121 Å². The predicted molar refractivity (Wildman–Crippen MR) is 73.6 cm³/mol. The Morgan fingerprint density at radius 1 is 1.43 bits per heavy atom. The summed E-state index contributed by atoms with van der Waals surface area (Å²) in [6, 6.07) is 1.63. The van der Waals surface area contributed by atoms with E-state index >= 15 is 0 Å². The molecule has 8 nitrogen and oxygen atoms in total. The first-order chi connectivity index (χ1) is 9.99. The maximum absolute atomic E-state index is 11.9. The molecule has 2 aromatic rings. The van der Waals surface area contributed by atoms with Crippen molar-refractivity contribution in [2.24, 2.45) is 0 Å². The summed E-state index contributed by atoms with van der Waals surface area (Å²) in [4.78, 5) is 22.6. The average molecular weight is 291 g/mol. The van der Waals surface area contributed by atoms with Crippen LogP contribution in [-0.4, -0.2) is 36.5 Å². The zero-order valence-corrected chi connectivity index (χ0v) is 11.9. The molecule has 0 aliphatic heterocycles. The lowest BCUT2D eigenvalue weighted by Crippen LogP contribution is -2.30. The van der Waals surface area contributed by atoms with Crippen molar-refractivity contribution < 1.29 is 14.7 Å². The van der Waals surface area contributed by atoms with Gasteiger partial charge in [0.25, 0.3) is 0 Å². The van der Waals surface area contributed by atoms with Crippen LogP contribution in [0, 0.1) is 0 Å². The van der Waals surface area contributed by atoms with Crippen molar-refractivity contribution in [1.82, 2.24) is 24.9 Å². The van der Waals surface area contributed by atoms with E-state index < -0.39 is 5.97 Å². The van der Waals surface area contributed by atoms with Crippen molar-refractivity contribution in [2.75, 3.05) is 0 Å². The van der Waals surface area contributed by atoms with Gasteiger partial charge in [0.2, 0.25) is 5.91 Å². The van der Waals surface area contributed by atoms with Crippen LogP contribution in [0.3, 0.4) is 0 Å². The minimum absolute atomic E-state index is 0.0356. The molecule has 2 rings (SSSR count). The first kappa shape index (κ1) is 14.8. The second kappa shape index (κ2) is 6.21. The summed E-state index contributed by atoms with van der Waals surface area (Å²) in [6.45, 7) is 4.56. The summed E-state index contributed by atoms with van der Waals surface area (Å²) < 4.78 is 3.07. The van der Waals surface area contributed by atoms with Gasteiger partial charge in [0.05, 0.1) is 23.5 Å². The van der Waals surface area contributed by atoms with E-state index in [1.807, 2.05) is 26.1 Å². The number of carboxylic acids is 1. The fourth-order valence-corrected chi connectivity index (χ4v) is 1.85. The van der Waals surface area contributed by atoms with Crippen molar-refractivity contribution in [1.29, 1.82) is 0 Å². The fraction of sp³-hybridized carbons (Fsp3) is 0.385. The standard InChI is InChI=1S/C13H17N5O3/c1-3-17-5-4-11(16-17)9(2)15-12(19)8-18-7-10(6-14-18)13(20)21/h4-7,9H,3,8H2,1-2H3,(H,15,19)(H,20,21). The lowest BCUT2D eigenvalue weighted by atomic mass is 10.2. The molecule has 0 aliphatic carbocycles. The monoisotopic (exact) mass is 291 g/mol. The van der Waals surface area contributed by atoms with Crippen LogP contribution >= 0.6 is 0 Å². The lowest BCUT2D eigenvalue weighted by Gasteiger charge is -2.11. The second-order valence-corrected chi connectivity index (χ2v) is 4.62. The minimum atomic E-state index is -1.07. The molecule has 0 radical (unpaired) electrons. The Bertz CT molecular complexity index is 646. The number of aromatic carboxylic acids is 1. The van der Waals surface area contributed by atoms with Crippen LogP contribution in [0.4, 0.5) is 0 Å². The molecule has 2 heterocycles. The van der Waals surface area contributed by atoms with E-state index in [2.05, 4.69) is 15.5 Å². The molecule has 2 aromatic heterocycles. The summed E-state index contributed by atoms with van der Waals surface area (Å²) in [6.07, 6.45) is 4.38. The van der Waals surface area contributed by atoms with Crippen molar-refractivity contribution in [3.63, 3.8) is 0 Å². The van der Waals surface area contributed by atoms with Crippen LogP contribution in [-0.2, 0) is 17.9 Å². The van der Waals surface area contributed by atoms with E-state index in [-0.39, 0.29) is 24.1 Å². The number of rotatable bonds is 6. The van der Waals surface area contributed by atoms with E-state index in [0.29, 0.717) is 0 Å². The molecule has 0 bridgehead atoms. The van der Waals surface area contributed by atoms with Crippen molar-refractivity contribution in [3.8, 4) is 0 Å². The number of hydrogen-bond acceptors (Lipinski definition) is 4. The number of nitrogens with one attached hydrogen (secondary N) is 1. The van der Waals surface area contributed by atoms with Gasteiger partial charge in [-0.15, -0.1) is 0 Å². The molecule has 0 fully saturated rings. The molecule has 0 saturated carbocycles. The molecule has 0 aromatic carbocycles. The lowest BCUT2D eigenvalue weighted by molar-refractivity contribution is -0.122. The zero-order chi connectivity index (χ0) is 15.4. The number of carbonyl (C=O) groups excluding carboxylic acids is 1. The van der Waals surface area contributed by atoms with Gasteiger partial charge in [0.15, 0.2) is 0 Å². The van der Waals surface area contributed by atoms with Crippen LogP contribution in [0.5, 0.6) is 0 Å². The van der Waals surface area contributed by atoms with Crippen LogP contribution in [0.15, 0.2) is 24.7 Å². The molecule has 0 spiro atoms. The number of hydrogen-bond donors (Lipinski definition) is 2. The number of aromatic nitrogens is 4. The first-order valence-corrected chi connectivity index (χ1v) is 6.58. The first-order valence-electron chi connectivity index (χ1n) is 6.58. The van der Waals surface area contributed by atoms with Crippen LogP contribution < -0.4 is 5.32 Å². The number of aryl methyl sites for hydroxylation is 1. The maximum atomic E-state index is 11.9. The zero-order valence-electron chi connectivity index (χ0n) is 11.9. The van der Waals surface area contributed by atoms with Crippen molar-refractivity contribution in [3.05, 3.63) is 35.9 Å². The minimum Gasteiger partial charge on any atom is -0.478 e. The van der Waals surface area contributed by atoms with Crippen LogP contribution in [0.25, 0.3) is 0 Å². The quantitative estimate of drug-likeness (QED) is 0.814. The molecule has 0 saturated heterocycles. The van der Waals surface area contributed by atoms with E-state index in [4.69, 9.17) is 5.11 Å². The van der Waals surface area contributed by atoms with E-state index in [0.717, 1.165) is 12.2 Å². The highest BCUT2D eigenvalue weighted by atomic mass is 16.4. The topological polar surface area (TPSA) is 102 Å². The Balaban J connectivity index is 1.92. The van der Waals surface area contributed by atoms with E-state index in [9.17, 15) is 9.59 Å². The van der Waals surface area contributed by atoms with Gasteiger partial charge in [-0.1, -0.05) is 0 Å². The highest BCUT2D eigenvalue weighted by Gasteiger charge is 2.13. The number of carboxylic acid groups (broad SMARTS) is 1. The molecule has 2 N–H and O–H groups in total. The third kappa shape index (κ3) is 3.68. The average Bonchev–Trinajstić information content (AvgIpc) is 3.06. The Morgan fingerprint density at radius 3 is 2.76 bits per heavy atom. The molecule has 1 unspecified atom stereocenters. The van der Waals surface area contributed by atoms with Gasteiger partial charge in [-0.3, -0.25) is 14.2 Å². The highest BCUT2D eigenvalue weighted by Crippen LogP contribution is 2.09. The normalized spacial score (nSPS) is 12.1. The Hall–Kier alpha value is -2.64.